The Hall–Kier alpha value is -4.37. The van der Waals surface area contributed by atoms with Crippen LogP contribution < -0.4 is 0 Å². The maximum Gasteiger partial charge on any atom is 0.121 e. The van der Waals surface area contributed by atoms with Crippen LogP contribution in [0.2, 0.25) is 0 Å². The van der Waals surface area contributed by atoms with Crippen LogP contribution in [0.3, 0.4) is 0 Å². The van der Waals surface area contributed by atoms with Crippen LogP contribution in [0.4, 0.5) is 0 Å². The van der Waals surface area contributed by atoms with Gasteiger partial charge in [0.1, 0.15) is 5.58 Å². The Kier molecular flexibility index (Phi) is 9.85. The molecule has 0 aliphatic carbocycles. The second-order valence-electron chi connectivity index (χ2n) is 11.2. The van der Waals surface area contributed by atoms with Crippen molar-refractivity contribution in [2.24, 2.45) is 0 Å². The molecule has 44 heavy (non-hydrogen) atoms. The molecular formula is C40H34IrN2O-2. The van der Waals surface area contributed by atoms with E-state index in [9.17, 15) is 0 Å². The van der Waals surface area contributed by atoms with Gasteiger partial charge in [-0.2, -0.15) is 0 Å². The van der Waals surface area contributed by atoms with Crippen LogP contribution >= 0.6 is 0 Å². The number of nitrogens with zero attached hydrogens (tertiary/aromatic N) is 2. The van der Waals surface area contributed by atoms with Gasteiger partial charge >= 0.3 is 0 Å². The number of hydrogen-bond acceptors (Lipinski definition) is 3. The van der Waals surface area contributed by atoms with E-state index >= 15 is 0 Å². The van der Waals surface area contributed by atoms with Gasteiger partial charge in [-0.15, -0.1) is 59.7 Å². The van der Waals surface area contributed by atoms with E-state index < -0.39 is 0 Å². The number of aromatic nitrogens is 2. The van der Waals surface area contributed by atoms with Gasteiger partial charge in [0, 0.05) is 43.8 Å². The maximum atomic E-state index is 6.10. The average Bonchev–Trinajstić information content (AvgIpc) is 3.43. The first-order valence-electron chi connectivity index (χ1n) is 14.7. The normalized spacial score (nSPS) is 11.6. The van der Waals surface area contributed by atoms with Crippen molar-refractivity contribution in [1.82, 2.24) is 9.97 Å². The van der Waals surface area contributed by atoms with Crippen LogP contribution in [0.1, 0.15) is 54.9 Å². The minimum absolute atomic E-state index is 0. The SMILES string of the molecule is CC(C)c1ccc2c(c1)oc1c[c-]c(-c3cc(C(C)c4ccccc4)ccn3)cc12.Cc1ccc(-c2[c-]cccc2)nc1.[Ir]. The first-order chi connectivity index (χ1) is 21.0. The monoisotopic (exact) mass is 751 g/mol. The summed E-state index contributed by atoms with van der Waals surface area (Å²) in [6.45, 7) is 8.67. The smallest absolute Gasteiger partial charge is 0.121 e. The molecule has 4 heteroatoms. The van der Waals surface area contributed by atoms with E-state index in [1.165, 1.54) is 22.3 Å². The van der Waals surface area contributed by atoms with E-state index in [2.05, 4.69) is 116 Å². The molecule has 3 aromatic heterocycles. The van der Waals surface area contributed by atoms with Crippen molar-refractivity contribution in [3.05, 3.63) is 156 Å². The zero-order chi connectivity index (χ0) is 29.8. The number of aryl methyl sites for hydroxylation is 1. The molecule has 0 aliphatic rings. The van der Waals surface area contributed by atoms with Crippen LogP contribution in [0.5, 0.6) is 0 Å². The molecule has 0 aliphatic heterocycles. The summed E-state index contributed by atoms with van der Waals surface area (Å²) in [6.07, 6.45) is 3.76. The Morgan fingerprint density at radius 1 is 0.636 bits per heavy atom. The molecule has 4 aromatic carbocycles. The summed E-state index contributed by atoms with van der Waals surface area (Å²) in [6, 6.07) is 43.9. The minimum Gasteiger partial charge on any atom is -0.500 e. The molecule has 7 rings (SSSR count). The van der Waals surface area contributed by atoms with E-state index in [0.29, 0.717) is 11.8 Å². The fraction of sp³-hybridized carbons (Fsp3) is 0.150. The van der Waals surface area contributed by atoms with Crippen molar-refractivity contribution in [2.45, 2.75) is 39.5 Å². The molecule has 1 radical (unpaired) electrons. The third kappa shape index (κ3) is 6.89. The Morgan fingerprint density at radius 2 is 1.45 bits per heavy atom. The fourth-order valence-corrected chi connectivity index (χ4v) is 5.22. The van der Waals surface area contributed by atoms with Crippen molar-refractivity contribution in [1.29, 1.82) is 0 Å². The van der Waals surface area contributed by atoms with Gasteiger partial charge in [0.2, 0.25) is 0 Å². The predicted octanol–water partition coefficient (Wildman–Crippen LogP) is 10.6. The van der Waals surface area contributed by atoms with Crippen LogP contribution in [0, 0.1) is 19.1 Å². The number of fused-ring (bicyclic) bond motifs is 3. The van der Waals surface area contributed by atoms with Crippen LogP contribution in [-0.4, -0.2) is 9.97 Å². The molecule has 0 N–H and O–H groups in total. The molecule has 0 fully saturated rings. The van der Waals surface area contributed by atoms with Gasteiger partial charge in [-0.25, -0.2) is 0 Å². The van der Waals surface area contributed by atoms with Crippen molar-refractivity contribution < 1.29 is 24.5 Å². The third-order valence-corrected chi connectivity index (χ3v) is 7.85. The van der Waals surface area contributed by atoms with Crippen molar-refractivity contribution in [3.63, 3.8) is 0 Å². The van der Waals surface area contributed by atoms with E-state index in [1.807, 2.05) is 55.7 Å². The molecule has 3 nitrogen and oxygen atoms in total. The molecule has 0 saturated heterocycles. The Balaban J connectivity index is 0.000000230. The van der Waals surface area contributed by atoms with Crippen molar-refractivity contribution >= 4 is 21.9 Å². The predicted molar refractivity (Wildman–Crippen MR) is 177 cm³/mol. The minimum atomic E-state index is 0. The molecule has 0 amide bonds. The van der Waals surface area contributed by atoms with Gasteiger partial charge in [-0.1, -0.05) is 86.8 Å². The van der Waals surface area contributed by atoms with E-state index in [1.54, 1.807) is 0 Å². The van der Waals surface area contributed by atoms with Gasteiger partial charge in [0.05, 0.1) is 5.58 Å². The van der Waals surface area contributed by atoms with Crippen LogP contribution in [-0.2, 0) is 20.1 Å². The number of rotatable bonds is 5. The summed E-state index contributed by atoms with van der Waals surface area (Å²) in [5.74, 6) is 0.782. The summed E-state index contributed by atoms with van der Waals surface area (Å²) < 4.78 is 6.10. The maximum absolute atomic E-state index is 6.10. The van der Waals surface area contributed by atoms with Gasteiger partial charge in [0.15, 0.2) is 0 Å². The summed E-state index contributed by atoms with van der Waals surface area (Å²) in [5, 5.41) is 2.25. The van der Waals surface area contributed by atoms with Gasteiger partial charge in [-0.3, -0.25) is 0 Å². The summed E-state index contributed by atoms with van der Waals surface area (Å²) in [7, 11) is 0. The molecule has 1 unspecified atom stereocenters. The van der Waals surface area contributed by atoms with Gasteiger partial charge in [-0.05, 0) is 58.6 Å². The fourth-order valence-electron chi connectivity index (χ4n) is 5.22. The Bertz CT molecular complexity index is 1960. The van der Waals surface area contributed by atoms with Crippen molar-refractivity contribution in [3.8, 4) is 22.5 Å². The molecule has 1 atom stereocenters. The number of furan rings is 1. The summed E-state index contributed by atoms with van der Waals surface area (Å²) in [5.41, 5.74) is 10.8. The molecule has 7 aromatic rings. The molecule has 3 heterocycles. The molecule has 221 valence electrons. The average molecular weight is 751 g/mol. The zero-order valence-corrected chi connectivity index (χ0v) is 27.7. The summed E-state index contributed by atoms with van der Waals surface area (Å²) >= 11 is 0. The molecule has 0 spiro atoms. The van der Waals surface area contributed by atoms with Crippen LogP contribution in [0.15, 0.2) is 126 Å². The van der Waals surface area contributed by atoms with Crippen LogP contribution in [0.25, 0.3) is 44.5 Å². The van der Waals surface area contributed by atoms with E-state index in [4.69, 9.17) is 4.42 Å². The van der Waals surface area contributed by atoms with Gasteiger partial charge < -0.3 is 14.4 Å². The third-order valence-electron chi connectivity index (χ3n) is 7.85. The zero-order valence-electron chi connectivity index (χ0n) is 25.3. The standard InChI is InChI=1S/C28H24NO.C12H10N.Ir/c1-18(2)21-9-11-24-25-15-23(10-12-27(25)30-28(24)17-21)26-16-22(13-14-29-26)19(3)20-7-5-4-6-8-20;1-10-7-8-12(13-9-10)11-5-3-2-4-6-11;/h4-9,11-19H,1-3H3;2-5,7-9H,1H3;/q2*-1;. The Morgan fingerprint density at radius 3 is 2.18 bits per heavy atom. The number of benzene rings is 4. The molecule has 0 bridgehead atoms. The quantitative estimate of drug-likeness (QED) is 0.165. The second kappa shape index (κ2) is 13.9. The molecular weight excluding hydrogens is 717 g/mol. The van der Waals surface area contributed by atoms with E-state index in [0.717, 1.165) is 44.5 Å². The number of hydrogen-bond donors (Lipinski definition) is 0. The largest absolute Gasteiger partial charge is 0.500 e. The summed E-state index contributed by atoms with van der Waals surface area (Å²) in [4.78, 5) is 8.95. The van der Waals surface area contributed by atoms with Crippen molar-refractivity contribution in [2.75, 3.05) is 0 Å². The first-order valence-corrected chi connectivity index (χ1v) is 14.7. The van der Waals surface area contributed by atoms with E-state index in [-0.39, 0.29) is 20.1 Å². The van der Waals surface area contributed by atoms with Gasteiger partial charge in [0.25, 0.3) is 0 Å². The second-order valence-corrected chi connectivity index (χ2v) is 11.2. The number of pyridine rings is 2. The topological polar surface area (TPSA) is 38.9 Å². The Labute approximate surface area is 273 Å². The first kappa shape index (κ1) is 31.1. The molecule has 0 saturated carbocycles.